The van der Waals surface area contributed by atoms with Crippen LogP contribution in [0, 0.1) is 11.3 Å². The van der Waals surface area contributed by atoms with E-state index in [2.05, 4.69) is 88.9 Å². The van der Waals surface area contributed by atoms with Gasteiger partial charge in [0.2, 0.25) is 0 Å². The number of carbonyl (C=O) groups is 1. The molecule has 3 aromatic carbocycles. The minimum atomic E-state index is -0.553. The molecular weight excluding hydrogens is 693 g/mol. The summed E-state index contributed by atoms with van der Waals surface area (Å²) in [6.07, 6.45) is 19.5. The van der Waals surface area contributed by atoms with Crippen LogP contribution >= 0.6 is 0 Å². The minimum Gasteiger partial charge on any atom is -0.493 e. The molecule has 0 amide bonds. The van der Waals surface area contributed by atoms with E-state index in [0.717, 1.165) is 62.2 Å². The summed E-state index contributed by atoms with van der Waals surface area (Å²) in [5.74, 6) is 2.15. The number of aryl methyl sites for hydroxylation is 3. The molecule has 1 aliphatic carbocycles. The van der Waals surface area contributed by atoms with Gasteiger partial charge in [-0.2, -0.15) is 0 Å². The van der Waals surface area contributed by atoms with Crippen LogP contribution in [0.25, 0.3) is 22.3 Å². The van der Waals surface area contributed by atoms with E-state index in [-0.39, 0.29) is 19.2 Å². The zero-order chi connectivity index (χ0) is 40.3. The molecule has 0 saturated heterocycles. The second-order valence-electron chi connectivity index (χ2n) is 16.8. The maximum Gasteiger partial charge on any atom is 0.333 e. The van der Waals surface area contributed by atoms with Gasteiger partial charge in [0.15, 0.2) is 0 Å². The van der Waals surface area contributed by atoms with Crippen molar-refractivity contribution in [2.24, 2.45) is 11.3 Å². The highest BCUT2D eigenvalue weighted by Crippen LogP contribution is 2.40. The van der Waals surface area contributed by atoms with E-state index in [1.54, 1.807) is 6.92 Å². The number of ether oxygens (including phenoxy) is 2. The maximum absolute atomic E-state index is 12.1. The van der Waals surface area contributed by atoms with Gasteiger partial charge < -0.3 is 19.7 Å². The van der Waals surface area contributed by atoms with Crippen LogP contribution in [0.1, 0.15) is 159 Å². The van der Waals surface area contributed by atoms with Crippen LogP contribution in [0.15, 0.2) is 66.7 Å². The van der Waals surface area contributed by atoms with Crippen LogP contribution in [-0.4, -0.2) is 42.6 Å². The molecule has 4 rings (SSSR count). The van der Waals surface area contributed by atoms with Crippen LogP contribution in [0.3, 0.4) is 0 Å². The second kappa shape index (κ2) is 23.7. The lowest BCUT2D eigenvalue weighted by Gasteiger charge is -2.30. The SMILES string of the molecule is C=C(C)C(=O)OCCCc1cc(-c2ccc(-c3ccc(C4CCC(CCCCC)CC4)cc3)c(CC)c2)cc(CCCC)c1OCCC(CO)(CO)CCCC. The third-order valence-corrected chi connectivity index (χ3v) is 12.4. The largest absolute Gasteiger partial charge is 0.493 e. The fourth-order valence-electron chi connectivity index (χ4n) is 8.56. The first kappa shape index (κ1) is 45.3. The van der Waals surface area contributed by atoms with Gasteiger partial charge in [-0.1, -0.05) is 122 Å². The van der Waals surface area contributed by atoms with Crippen molar-refractivity contribution in [1.82, 2.24) is 0 Å². The molecule has 0 heterocycles. The van der Waals surface area contributed by atoms with Crippen molar-refractivity contribution in [3.63, 3.8) is 0 Å². The molecule has 1 fully saturated rings. The summed E-state index contributed by atoms with van der Waals surface area (Å²) in [6, 6.07) is 21.0. The number of benzene rings is 3. The monoisotopic (exact) mass is 767 g/mol. The number of hydrogen-bond acceptors (Lipinski definition) is 5. The number of rotatable bonds is 25. The molecule has 56 heavy (non-hydrogen) atoms. The van der Waals surface area contributed by atoms with Crippen molar-refractivity contribution in [3.05, 3.63) is 89.0 Å². The number of esters is 1. The highest BCUT2D eigenvalue weighted by atomic mass is 16.5. The third-order valence-electron chi connectivity index (χ3n) is 12.4. The summed E-state index contributed by atoms with van der Waals surface area (Å²) in [7, 11) is 0. The van der Waals surface area contributed by atoms with Gasteiger partial charge in [0.1, 0.15) is 5.75 Å². The molecule has 0 aromatic heterocycles. The Balaban J connectivity index is 1.60. The Morgan fingerprint density at radius 2 is 1.34 bits per heavy atom. The van der Waals surface area contributed by atoms with Gasteiger partial charge in [-0.15, -0.1) is 0 Å². The molecule has 1 aliphatic rings. The topological polar surface area (TPSA) is 76.0 Å². The lowest BCUT2D eigenvalue weighted by molar-refractivity contribution is -0.139. The molecule has 2 N–H and O–H groups in total. The lowest BCUT2D eigenvalue weighted by atomic mass is 9.77. The molecule has 5 nitrogen and oxygen atoms in total. The Morgan fingerprint density at radius 3 is 1.95 bits per heavy atom. The van der Waals surface area contributed by atoms with E-state index >= 15 is 0 Å². The summed E-state index contributed by atoms with van der Waals surface area (Å²) in [5.41, 5.74) is 9.90. The Morgan fingerprint density at radius 1 is 0.714 bits per heavy atom. The van der Waals surface area contributed by atoms with Gasteiger partial charge in [-0.05, 0) is 146 Å². The van der Waals surface area contributed by atoms with Gasteiger partial charge in [-0.25, -0.2) is 4.79 Å². The predicted molar refractivity (Wildman–Crippen MR) is 234 cm³/mol. The van der Waals surface area contributed by atoms with Crippen LogP contribution in [0.5, 0.6) is 5.75 Å². The van der Waals surface area contributed by atoms with E-state index in [4.69, 9.17) is 9.47 Å². The van der Waals surface area contributed by atoms with Crippen LogP contribution in [0.4, 0.5) is 0 Å². The zero-order valence-corrected chi connectivity index (χ0v) is 35.7. The summed E-state index contributed by atoms with van der Waals surface area (Å²) in [5, 5.41) is 20.6. The van der Waals surface area contributed by atoms with Gasteiger partial charge >= 0.3 is 5.97 Å². The molecule has 0 unspecified atom stereocenters. The van der Waals surface area contributed by atoms with E-state index in [1.807, 2.05) is 0 Å². The normalized spacial score (nSPS) is 15.8. The van der Waals surface area contributed by atoms with Crippen molar-refractivity contribution in [3.8, 4) is 28.0 Å². The Kier molecular flexibility index (Phi) is 19.2. The summed E-state index contributed by atoms with van der Waals surface area (Å²) >= 11 is 0. The second-order valence-corrected chi connectivity index (χ2v) is 16.8. The average molecular weight is 767 g/mol. The van der Waals surface area contributed by atoms with Crippen molar-refractivity contribution in [1.29, 1.82) is 0 Å². The quantitative estimate of drug-likeness (QED) is 0.0510. The van der Waals surface area contributed by atoms with E-state index in [0.29, 0.717) is 44.0 Å². The molecule has 3 aromatic rings. The third kappa shape index (κ3) is 13.1. The number of carbonyl (C=O) groups excluding carboxylic acids is 1. The van der Waals surface area contributed by atoms with Crippen molar-refractivity contribution >= 4 is 5.97 Å². The van der Waals surface area contributed by atoms with Gasteiger partial charge in [0.05, 0.1) is 26.4 Å². The highest BCUT2D eigenvalue weighted by Gasteiger charge is 2.29. The summed E-state index contributed by atoms with van der Waals surface area (Å²) in [6.45, 7) is 14.9. The fraction of sp³-hybridized carbons (Fsp3) is 0.588. The van der Waals surface area contributed by atoms with Gasteiger partial charge in [0.25, 0.3) is 0 Å². The first-order valence-electron chi connectivity index (χ1n) is 22.3. The lowest BCUT2D eigenvalue weighted by Crippen LogP contribution is -2.32. The number of aliphatic hydroxyl groups is 2. The van der Waals surface area contributed by atoms with Crippen molar-refractivity contribution < 1.29 is 24.5 Å². The first-order valence-corrected chi connectivity index (χ1v) is 22.3. The standard InChI is InChI=1S/C51H74O5/c1-7-11-14-16-39-19-21-41(22-20-39)42-23-25-43(26-24-42)48-28-27-44(33-40(48)10-4)47-34-45(17-12-8-2)49(46(35-47)18-15-31-56-50(54)38(5)6)55-32-30-51(36-52,37-53)29-13-9-3/h23-28,33-35,39,41,52-53H,5,7-22,29-32,36-37H2,1-4,6H3. The molecular formula is C51H74O5. The number of aliphatic hydroxyl groups excluding tert-OH is 2. The van der Waals surface area contributed by atoms with Crippen molar-refractivity contribution in [2.75, 3.05) is 26.4 Å². The van der Waals surface area contributed by atoms with Crippen LogP contribution in [0.2, 0.25) is 0 Å². The summed E-state index contributed by atoms with van der Waals surface area (Å²) in [4.78, 5) is 12.1. The maximum atomic E-state index is 12.1. The Bertz CT molecular complexity index is 1630. The Labute approximate surface area is 340 Å². The average Bonchev–Trinajstić information content (AvgIpc) is 3.23. The number of unbranched alkanes of at least 4 members (excludes halogenated alkanes) is 4. The number of hydrogen-bond donors (Lipinski definition) is 2. The van der Waals surface area contributed by atoms with E-state index in [1.165, 1.54) is 90.3 Å². The van der Waals surface area contributed by atoms with Crippen LogP contribution < -0.4 is 4.74 Å². The molecule has 1 saturated carbocycles. The van der Waals surface area contributed by atoms with Gasteiger partial charge in [-0.3, -0.25) is 0 Å². The molecule has 0 spiro atoms. The van der Waals surface area contributed by atoms with E-state index in [9.17, 15) is 15.0 Å². The first-order chi connectivity index (χ1) is 27.2. The Hall–Kier alpha value is -3.41. The minimum absolute atomic E-state index is 0.0600. The predicted octanol–water partition coefficient (Wildman–Crippen LogP) is 12.8. The highest BCUT2D eigenvalue weighted by molar-refractivity contribution is 5.86. The van der Waals surface area contributed by atoms with Gasteiger partial charge in [0, 0.05) is 11.0 Å². The van der Waals surface area contributed by atoms with E-state index < -0.39 is 5.41 Å². The molecule has 308 valence electrons. The zero-order valence-electron chi connectivity index (χ0n) is 35.7. The molecule has 0 radical (unpaired) electrons. The molecule has 0 aliphatic heterocycles. The smallest absolute Gasteiger partial charge is 0.333 e. The molecule has 0 bridgehead atoms. The summed E-state index contributed by atoms with van der Waals surface area (Å²) < 4.78 is 12.1. The molecule has 0 atom stereocenters. The fourth-order valence-corrected chi connectivity index (χ4v) is 8.56. The van der Waals surface area contributed by atoms with Crippen molar-refractivity contribution in [2.45, 2.75) is 156 Å². The van der Waals surface area contributed by atoms with Crippen LogP contribution in [-0.2, 0) is 28.8 Å². The molecule has 5 heteroatoms.